The molecule has 15 heavy (non-hydrogen) atoms. The molecule has 0 amide bonds. The first-order valence-electron chi connectivity index (χ1n) is 6.72. The Morgan fingerprint density at radius 3 is 2.13 bits per heavy atom. The molecule has 2 saturated heterocycles. The summed E-state index contributed by atoms with van der Waals surface area (Å²) < 4.78 is 0. The molecule has 0 radical (unpaired) electrons. The number of nitrogens with zero attached hydrogens (tertiary/aromatic N) is 1. The molecular weight excluding hydrogens is 181 g/mol. The average molecular weight is 207 g/mol. The Bertz CT molecular complexity index is 243. The van der Waals surface area contributed by atoms with E-state index in [2.05, 4.69) is 46.3 Å². The van der Waals surface area contributed by atoms with Crippen molar-refractivity contribution in [2.75, 3.05) is 0 Å². The summed E-state index contributed by atoms with van der Waals surface area (Å²) in [5, 5.41) is 0. The zero-order valence-corrected chi connectivity index (χ0v) is 11.2. The summed E-state index contributed by atoms with van der Waals surface area (Å²) in [5.74, 6) is 2.62. The maximum absolute atomic E-state index is 2.82. The molecule has 0 spiro atoms. The maximum atomic E-state index is 2.82. The SMILES string of the molecule is CB1[C@@H](C)[C@@H](C)N2[C@@H](C)[C@@H](C)C[C@H]2[C@H]1C. The first kappa shape index (κ1) is 11.5. The van der Waals surface area contributed by atoms with Crippen LogP contribution in [0.15, 0.2) is 0 Å². The Hall–Kier alpha value is 0.0249. The van der Waals surface area contributed by atoms with E-state index in [1.807, 2.05) is 0 Å². The van der Waals surface area contributed by atoms with Crippen molar-refractivity contribution in [3.05, 3.63) is 0 Å². The Labute approximate surface area is 95.7 Å². The molecule has 6 atom stereocenters. The first-order valence-corrected chi connectivity index (χ1v) is 6.72. The fourth-order valence-corrected chi connectivity index (χ4v) is 3.99. The fourth-order valence-electron chi connectivity index (χ4n) is 3.99. The van der Waals surface area contributed by atoms with Gasteiger partial charge in [-0.25, -0.2) is 0 Å². The first-order chi connectivity index (χ1) is 6.95. The third kappa shape index (κ3) is 1.56. The predicted octanol–water partition coefficient (Wildman–Crippen LogP) is 3.39. The van der Waals surface area contributed by atoms with Gasteiger partial charge in [0.25, 0.3) is 0 Å². The van der Waals surface area contributed by atoms with Gasteiger partial charge < -0.3 is 0 Å². The third-order valence-corrected chi connectivity index (χ3v) is 5.79. The largest absolute Gasteiger partial charge is 0.296 e. The second kappa shape index (κ2) is 3.80. The highest BCUT2D eigenvalue weighted by Gasteiger charge is 2.49. The number of hydrogen-bond acceptors (Lipinski definition) is 1. The number of hydrogen-bond donors (Lipinski definition) is 0. The van der Waals surface area contributed by atoms with Gasteiger partial charge in [0.2, 0.25) is 0 Å². The quantitative estimate of drug-likeness (QED) is 0.550. The summed E-state index contributed by atoms with van der Waals surface area (Å²) in [4.78, 5) is 2.82. The highest BCUT2D eigenvalue weighted by atomic mass is 15.2. The lowest BCUT2D eigenvalue weighted by atomic mass is 9.32. The molecule has 0 aromatic heterocycles. The average Bonchev–Trinajstić information content (AvgIpc) is 2.50. The van der Waals surface area contributed by atoms with Crippen LogP contribution >= 0.6 is 0 Å². The molecule has 0 N–H and O–H groups in total. The Kier molecular flexibility index (Phi) is 2.91. The van der Waals surface area contributed by atoms with Crippen molar-refractivity contribution in [2.45, 2.75) is 77.6 Å². The monoisotopic (exact) mass is 207 g/mol. The minimum Gasteiger partial charge on any atom is -0.296 e. The molecule has 0 bridgehead atoms. The molecule has 2 fully saturated rings. The van der Waals surface area contributed by atoms with Gasteiger partial charge in [-0.1, -0.05) is 27.6 Å². The fraction of sp³-hybridized carbons (Fsp3) is 1.00. The molecule has 1 nitrogen and oxygen atoms in total. The summed E-state index contributed by atoms with van der Waals surface area (Å²) in [6, 6.07) is 2.43. The zero-order valence-electron chi connectivity index (χ0n) is 11.2. The van der Waals surface area contributed by atoms with Crippen molar-refractivity contribution in [3.63, 3.8) is 0 Å². The van der Waals surface area contributed by atoms with Gasteiger partial charge in [0.1, 0.15) is 6.71 Å². The Morgan fingerprint density at radius 1 is 0.933 bits per heavy atom. The van der Waals surface area contributed by atoms with Gasteiger partial charge in [0, 0.05) is 18.1 Å². The summed E-state index contributed by atoms with van der Waals surface area (Å²) in [6.07, 6.45) is 1.42. The topological polar surface area (TPSA) is 3.24 Å². The van der Waals surface area contributed by atoms with E-state index < -0.39 is 0 Å². The van der Waals surface area contributed by atoms with Crippen LogP contribution in [0.5, 0.6) is 0 Å². The molecule has 2 aliphatic heterocycles. The van der Waals surface area contributed by atoms with Crippen molar-refractivity contribution in [1.29, 1.82) is 0 Å². The zero-order chi connectivity index (χ0) is 11.3. The molecule has 0 aromatic rings. The molecule has 2 heterocycles. The molecule has 0 aliphatic carbocycles. The van der Waals surface area contributed by atoms with Crippen LogP contribution in [0.1, 0.15) is 41.0 Å². The molecule has 0 aromatic carbocycles. The van der Waals surface area contributed by atoms with E-state index in [4.69, 9.17) is 0 Å². The maximum Gasteiger partial charge on any atom is 0.146 e. The molecule has 86 valence electrons. The van der Waals surface area contributed by atoms with Gasteiger partial charge in [0.05, 0.1) is 0 Å². The molecule has 0 saturated carbocycles. The van der Waals surface area contributed by atoms with Crippen LogP contribution in [0.3, 0.4) is 0 Å². The standard InChI is InChI=1S/C13H26BN/c1-8-7-13-10(3)14(6)9(2)12(5)15(13)11(8)4/h8-13H,7H2,1-6H3/t8-,9-,10+,11-,12+,13-/m0/s1. The molecule has 2 rings (SSSR count). The van der Waals surface area contributed by atoms with E-state index in [1.165, 1.54) is 6.42 Å². The van der Waals surface area contributed by atoms with Gasteiger partial charge in [-0.15, -0.1) is 0 Å². The summed E-state index contributed by atoms with van der Waals surface area (Å²) in [7, 11) is 0. The third-order valence-electron chi connectivity index (χ3n) is 5.79. The van der Waals surface area contributed by atoms with Crippen LogP contribution in [-0.4, -0.2) is 29.7 Å². The van der Waals surface area contributed by atoms with E-state index in [9.17, 15) is 0 Å². The lowest BCUT2D eigenvalue weighted by Crippen LogP contribution is -2.54. The van der Waals surface area contributed by atoms with Crippen LogP contribution in [0.25, 0.3) is 0 Å². The van der Waals surface area contributed by atoms with Crippen LogP contribution in [0, 0.1) is 5.92 Å². The molecule has 2 heteroatoms. The Morgan fingerprint density at radius 2 is 1.53 bits per heavy atom. The van der Waals surface area contributed by atoms with Crippen molar-refractivity contribution in [2.24, 2.45) is 5.92 Å². The summed E-state index contributed by atoms with van der Waals surface area (Å²) in [5.41, 5.74) is 0. The van der Waals surface area contributed by atoms with Gasteiger partial charge in [-0.3, -0.25) is 4.90 Å². The van der Waals surface area contributed by atoms with Crippen molar-refractivity contribution < 1.29 is 0 Å². The van der Waals surface area contributed by atoms with Crippen molar-refractivity contribution >= 4 is 6.71 Å². The van der Waals surface area contributed by atoms with E-state index in [1.54, 1.807) is 0 Å². The highest BCUT2D eigenvalue weighted by Crippen LogP contribution is 2.46. The second-order valence-corrected chi connectivity index (χ2v) is 6.29. The lowest BCUT2D eigenvalue weighted by Gasteiger charge is -2.48. The molecule has 0 unspecified atom stereocenters. The second-order valence-electron chi connectivity index (χ2n) is 6.29. The van der Waals surface area contributed by atoms with E-state index >= 15 is 0 Å². The molecule has 2 aliphatic rings. The lowest BCUT2D eigenvalue weighted by molar-refractivity contribution is 0.117. The summed E-state index contributed by atoms with van der Waals surface area (Å²) >= 11 is 0. The smallest absolute Gasteiger partial charge is 0.146 e. The number of rotatable bonds is 0. The van der Waals surface area contributed by atoms with Crippen LogP contribution < -0.4 is 0 Å². The minimum atomic E-state index is 0.779. The van der Waals surface area contributed by atoms with Gasteiger partial charge in [-0.05, 0) is 37.8 Å². The van der Waals surface area contributed by atoms with Gasteiger partial charge in [0.15, 0.2) is 0 Å². The van der Waals surface area contributed by atoms with Crippen molar-refractivity contribution in [1.82, 2.24) is 4.90 Å². The van der Waals surface area contributed by atoms with Crippen LogP contribution in [-0.2, 0) is 0 Å². The van der Waals surface area contributed by atoms with Crippen LogP contribution in [0.4, 0.5) is 0 Å². The van der Waals surface area contributed by atoms with E-state index in [-0.39, 0.29) is 0 Å². The normalized spacial score (nSPS) is 52.0. The number of fused-ring (bicyclic) bond motifs is 1. The Balaban J connectivity index is 2.26. The molecular formula is C13H26BN. The minimum absolute atomic E-state index is 0.779. The van der Waals surface area contributed by atoms with Crippen LogP contribution in [0.2, 0.25) is 18.5 Å². The predicted molar refractivity (Wildman–Crippen MR) is 68.8 cm³/mol. The van der Waals surface area contributed by atoms with E-state index in [0.29, 0.717) is 0 Å². The van der Waals surface area contributed by atoms with Gasteiger partial charge >= 0.3 is 0 Å². The van der Waals surface area contributed by atoms with E-state index in [0.717, 1.165) is 42.4 Å². The summed E-state index contributed by atoms with van der Waals surface area (Å²) in [6.45, 7) is 15.5. The highest BCUT2D eigenvalue weighted by molar-refractivity contribution is 6.61. The van der Waals surface area contributed by atoms with Gasteiger partial charge in [-0.2, -0.15) is 0 Å². The van der Waals surface area contributed by atoms with Crippen molar-refractivity contribution in [3.8, 4) is 0 Å².